The van der Waals surface area contributed by atoms with Crippen LogP contribution in [0, 0.1) is 0 Å². The van der Waals surface area contributed by atoms with Gasteiger partial charge in [-0.25, -0.2) is 0 Å². The number of nitrogens with two attached hydrogens (primary N) is 5. The summed E-state index contributed by atoms with van der Waals surface area (Å²) in [7, 11) is 0. The van der Waals surface area contributed by atoms with Crippen molar-refractivity contribution in [2.75, 3.05) is 118 Å². The van der Waals surface area contributed by atoms with E-state index < -0.39 is 0 Å². The molecule has 0 aromatic rings. The molecule has 0 saturated heterocycles. The molecule has 0 spiro atoms. The lowest BCUT2D eigenvalue weighted by atomic mass is 10.2. The van der Waals surface area contributed by atoms with E-state index in [0.717, 1.165) is 97.6 Å². The minimum Gasteiger partial charge on any atom is -0.330 e. The summed E-state index contributed by atoms with van der Waals surface area (Å²) < 4.78 is 0. The zero-order valence-corrected chi connectivity index (χ0v) is 36.0. The van der Waals surface area contributed by atoms with E-state index in [2.05, 4.69) is 66.9 Å². The van der Waals surface area contributed by atoms with Crippen LogP contribution < -0.4 is 39.3 Å². The van der Waals surface area contributed by atoms with Crippen LogP contribution in [-0.4, -0.2) is 133 Å². The first-order valence-corrected chi connectivity index (χ1v) is 22.0. The largest absolute Gasteiger partial charge is 0.330 e. The molecule has 0 rings (SSSR count). The van der Waals surface area contributed by atoms with Crippen molar-refractivity contribution >= 4 is 0 Å². The highest BCUT2D eigenvalue weighted by Gasteiger charge is 2.08. The third-order valence-corrected chi connectivity index (χ3v) is 8.46. The fourth-order valence-electron chi connectivity index (χ4n) is 5.50. The first-order valence-electron chi connectivity index (χ1n) is 22.0. The molecular weight excluding hydrogens is 633 g/mol. The third kappa shape index (κ3) is 56.5. The maximum absolute atomic E-state index is 5.59. The Kier molecular flexibility index (Phi) is 63.3. The summed E-state index contributed by atoms with van der Waals surface area (Å²) in [4.78, 5) is 7.64. The van der Waals surface area contributed by atoms with Crippen molar-refractivity contribution in [3.63, 3.8) is 0 Å². The van der Waals surface area contributed by atoms with Crippen LogP contribution in [0.4, 0.5) is 0 Å². The summed E-state index contributed by atoms with van der Waals surface area (Å²) >= 11 is 0. The lowest BCUT2D eigenvalue weighted by Gasteiger charge is -2.27. The second-order valence-corrected chi connectivity index (χ2v) is 13.9. The third-order valence-electron chi connectivity index (χ3n) is 8.46. The molecule has 0 aliphatic carbocycles. The van der Waals surface area contributed by atoms with E-state index in [1.54, 1.807) is 0 Å². The van der Waals surface area contributed by atoms with E-state index in [4.69, 9.17) is 28.7 Å². The zero-order chi connectivity index (χ0) is 38.9. The number of nitrogens with zero attached hydrogens (tertiary/aromatic N) is 3. The molecule has 0 aliphatic heterocycles. The molecule has 0 unspecified atom stereocenters. The van der Waals surface area contributed by atoms with E-state index in [-0.39, 0.29) is 0 Å². The first-order chi connectivity index (χ1) is 25.0. The Hall–Kier alpha value is -0.400. The molecule has 0 bridgehead atoms. The van der Waals surface area contributed by atoms with E-state index in [9.17, 15) is 0 Å². The topological polar surface area (TPSA) is 164 Å². The molecule has 0 aliphatic rings. The molecule has 0 saturated carbocycles. The molecule has 314 valence electrons. The van der Waals surface area contributed by atoms with Crippen LogP contribution in [-0.2, 0) is 0 Å². The van der Waals surface area contributed by atoms with Gasteiger partial charge in [0.15, 0.2) is 0 Å². The van der Waals surface area contributed by atoms with Crippen molar-refractivity contribution in [3.05, 3.63) is 0 Å². The van der Waals surface area contributed by atoms with Crippen LogP contribution in [0.1, 0.15) is 151 Å². The standard InChI is InChI=1S/C14H34N4.C12H28N2.C9H22N2.C6H16N2/c1-3-9-17(11-5-7-15)13-14-18(10-4-2)12-6-8-16;1-3-5-6-7-11-14(10-4-2)12-8-9-13;1-2-3-4-5-8-11-9-6-7-10;1-2-5-8-6-3-4-7/h3-16H2,1-2H3;3-13H2,1-2H3;11H,2-10H2,1H3;8H,2-7H2,1H3. The van der Waals surface area contributed by atoms with E-state index in [1.165, 1.54) is 129 Å². The Morgan fingerprint density at radius 3 is 0.961 bits per heavy atom. The van der Waals surface area contributed by atoms with Crippen LogP contribution in [0.5, 0.6) is 0 Å². The van der Waals surface area contributed by atoms with Crippen LogP contribution in [0.2, 0.25) is 0 Å². The van der Waals surface area contributed by atoms with Crippen LogP contribution in [0.25, 0.3) is 0 Å². The van der Waals surface area contributed by atoms with E-state index in [1.807, 2.05) is 0 Å². The van der Waals surface area contributed by atoms with Gasteiger partial charge in [-0.2, -0.15) is 0 Å². The average molecular weight is 733 g/mol. The van der Waals surface area contributed by atoms with Gasteiger partial charge in [-0.05, 0) is 175 Å². The summed E-state index contributed by atoms with van der Waals surface area (Å²) in [5.41, 5.74) is 27.3. The van der Waals surface area contributed by atoms with Gasteiger partial charge in [-0.1, -0.05) is 80.1 Å². The lowest BCUT2D eigenvalue weighted by Crippen LogP contribution is -2.37. The summed E-state index contributed by atoms with van der Waals surface area (Å²) in [5, 5.41) is 6.62. The molecule has 0 amide bonds. The first kappa shape index (κ1) is 57.3. The fraction of sp³-hybridized carbons (Fsp3) is 1.00. The van der Waals surface area contributed by atoms with Gasteiger partial charge >= 0.3 is 0 Å². The normalized spacial score (nSPS) is 10.9. The second-order valence-electron chi connectivity index (χ2n) is 13.9. The van der Waals surface area contributed by atoms with Gasteiger partial charge in [-0.15, -0.1) is 0 Å². The van der Waals surface area contributed by atoms with Crippen molar-refractivity contribution in [2.24, 2.45) is 28.7 Å². The highest BCUT2D eigenvalue weighted by atomic mass is 15.2. The molecule has 0 radical (unpaired) electrons. The highest BCUT2D eigenvalue weighted by Crippen LogP contribution is 2.03. The summed E-state index contributed by atoms with van der Waals surface area (Å²) in [6, 6.07) is 0. The number of hydrogen-bond acceptors (Lipinski definition) is 10. The Labute approximate surface area is 321 Å². The van der Waals surface area contributed by atoms with Gasteiger partial charge in [0.05, 0.1) is 0 Å². The quantitative estimate of drug-likeness (QED) is 0.0405. The monoisotopic (exact) mass is 733 g/mol. The van der Waals surface area contributed by atoms with Crippen LogP contribution >= 0.6 is 0 Å². The van der Waals surface area contributed by atoms with E-state index >= 15 is 0 Å². The van der Waals surface area contributed by atoms with Crippen molar-refractivity contribution in [3.8, 4) is 0 Å². The lowest BCUT2D eigenvalue weighted by molar-refractivity contribution is 0.201. The Morgan fingerprint density at radius 2 is 0.608 bits per heavy atom. The molecule has 10 nitrogen and oxygen atoms in total. The smallest absolute Gasteiger partial charge is 0.0109 e. The van der Waals surface area contributed by atoms with Gasteiger partial charge in [0.1, 0.15) is 0 Å². The zero-order valence-electron chi connectivity index (χ0n) is 36.0. The molecule has 10 heteroatoms. The maximum Gasteiger partial charge on any atom is 0.0109 e. The molecule has 51 heavy (non-hydrogen) atoms. The summed E-state index contributed by atoms with van der Waals surface area (Å²) in [6.07, 6.45) is 21.3. The van der Waals surface area contributed by atoms with Crippen molar-refractivity contribution in [1.29, 1.82) is 0 Å². The minimum atomic E-state index is 0.798. The number of hydrogen-bond donors (Lipinski definition) is 7. The number of unbranched alkanes of at least 4 members (excludes halogenated alkanes) is 6. The minimum absolute atomic E-state index is 0.798. The van der Waals surface area contributed by atoms with Gasteiger partial charge in [0.2, 0.25) is 0 Å². The van der Waals surface area contributed by atoms with Crippen molar-refractivity contribution in [2.45, 2.75) is 151 Å². The van der Waals surface area contributed by atoms with Gasteiger partial charge in [0, 0.05) is 13.1 Å². The predicted octanol–water partition coefficient (Wildman–Crippen LogP) is 5.58. The predicted molar refractivity (Wildman–Crippen MR) is 233 cm³/mol. The van der Waals surface area contributed by atoms with Crippen molar-refractivity contribution in [1.82, 2.24) is 25.3 Å². The van der Waals surface area contributed by atoms with Crippen molar-refractivity contribution < 1.29 is 0 Å². The SMILES string of the molecule is CCCCCCN(CCC)CCCN.CCCCCCNCCCN.CCCN(CCCN)CCN(CCC)CCCN.CCCNCCCN. The Balaban J connectivity index is -0.000000301. The molecule has 0 atom stereocenters. The second kappa shape index (κ2) is 56.3. The Bertz CT molecular complexity index is 513. The van der Waals surface area contributed by atoms with Crippen LogP contribution in [0.3, 0.4) is 0 Å². The molecule has 0 heterocycles. The molecule has 0 fully saturated rings. The summed E-state index contributed by atoms with van der Waals surface area (Å²) in [6.45, 7) is 32.6. The maximum atomic E-state index is 5.59. The summed E-state index contributed by atoms with van der Waals surface area (Å²) in [5.74, 6) is 0. The fourth-order valence-corrected chi connectivity index (χ4v) is 5.50. The number of rotatable bonds is 36. The van der Waals surface area contributed by atoms with Gasteiger partial charge < -0.3 is 54.0 Å². The number of nitrogens with one attached hydrogen (secondary N) is 2. The van der Waals surface area contributed by atoms with Gasteiger partial charge in [-0.3, -0.25) is 0 Å². The van der Waals surface area contributed by atoms with Gasteiger partial charge in [0.25, 0.3) is 0 Å². The molecular formula is C41H100N10. The highest BCUT2D eigenvalue weighted by molar-refractivity contribution is 4.64. The molecule has 0 aromatic heterocycles. The molecule has 0 aromatic carbocycles. The van der Waals surface area contributed by atoms with E-state index in [0.29, 0.717) is 0 Å². The molecule has 12 N–H and O–H groups in total. The van der Waals surface area contributed by atoms with Crippen LogP contribution in [0.15, 0.2) is 0 Å². The average Bonchev–Trinajstić information content (AvgIpc) is 3.14. The Morgan fingerprint density at radius 1 is 0.275 bits per heavy atom.